The van der Waals surface area contributed by atoms with Crippen molar-refractivity contribution in [1.29, 1.82) is 0 Å². The van der Waals surface area contributed by atoms with Crippen molar-refractivity contribution < 1.29 is 13.2 Å². The lowest BCUT2D eigenvalue weighted by Gasteiger charge is -2.12. The molecule has 0 saturated carbocycles. The summed E-state index contributed by atoms with van der Waals surface area (Å²) in [5.41, 5.74) is 4.84. The fourth-order valence-corrected chi connectivity index (χ4v) is 4.89. The predicted molar refractivity (Wildman–Crippen MR) is 136 cm³/mol. The summed E-state index contributed by atoms with van der Waals surface area (Å²) in [6, 6.07) is 13.8. The summed E-state index contributed by atoms with van der Waals surface area (Å²) in [5.74, 6) is -0.801. The van der Waals surface area contributed by atoms with E-state index in [2.05, 4.69) is 24.0 Å². The average Bonchev–Trinajstić information content (AvgIpc) is 3.50. The first kappa shape index (κ1) is 24.0. The number of nitrogens with one attached hydrogen (secondary N) is 1. The summed E-state index contributed by atoms with van der Waals surface area (Å²) < 4.78 is 31.9. The van der Waals surface area contributed by atoms with E-state index in [1.54, 1.807) is 30.4 Å². The molecular weight excluding hydrogens is 452 g/mol. The van der Waals surface area contributed by atoms with Crippen LogP contribution in [0.5, 0.6) is 0 Å². The van der Waals surface area contributed by atoms with Gasteiger partial charge >= 0.3 is 0 Å². The van der Waals surface area contributed by atoms with Crippen molar-refractivity contribution in [3.63, 3.8) is 0 Å². The minimum atomic E-state index is -0.835. The molecule has 34 heavy (non-hydrogen) atoms. The van der Waals surface area contributed by atoms with Crippen molar-refractivity contribution in [3.8, 4) is 11.1 Å². The number of rotatable bonds is 9. The van der Waals surface area contributed by atoms with Gasteiger partial charge in [-0.2, -0.15) is 0 Å². The second-order valence-electron chi connectivity index (χ2n) is 8.23. The molecule has 0 amide bonds. The lowest BCUT2D eigenvalue weighted by Crippen LogP contribution is -2.27. The third kappa shape index (κ3) is 6.03. The molecule has 0 fully saturated rings. The van der Waals surface area contributed by atoms with E-state index in [0.29, 0.717) is 17.4 Å². The van der Waals surface area contributed by atoms with Crippen LogP contribution in [-0.2, 0) is 13.0 Å². The minimum Gasteiger partial charge on any atom is -0.472 e. The van der Waals surface area contributed by atoms with E-state index in [0.717, 1.165) is 59.4 Å². The largest absolute Gasteiger partial charge is 0.472 e. The number of hydrogen-bond donors (Lipinski definition) is 1. The van der Waals surface area contributed by atoms with Crippen molar-refractivity contribution in [2.24, 2.45) is 9.98 Å². The van der Waals surface area contributed by atoms with Gasteiger partial charge in [0.05, 0.1) is 19.1 Å². The zero-order valence-electron chi connectivity index (χ0n) is 19.1. The molecule has 0 saturated heterocycles. The fraction of sp³-hybridized carbons (Fsp3) is 0.259. The number of furan rings is 1. The molecule has 176 valence electrons. The van der Waals surface area contributed by atoms with Crippen LogP contribution in [-0.4, -0.2) is 24.3 Å². The summed E-state index contributed by atoms with van der Waals surface area (Å²) in [6.07, 6.45) is 6.07. The second-order valence-corrected chi connectivity index (χ2v) is 9.65. The van der Waals surface area contributed by atoms with Gasteiger partial charge in [0.25, 0.3) is 0 Å². The highest BCUT2D eigenvalue weighted by molar-refractivity contribution is 8.03. The van der Waals surface area contributed by atoms with E-state index < -0.39 is 11.6 Å². The number of benzene rings is 2. The lowest BCUT2D eigenvalue weighted by molar-refractivity contribution is 0.509. The van der Waals surface area contributed by atoms with Crippen LogP contribution in [0.25, 0.3) is 11.1 Å². The van der Waals surface area contributed by atoms with Gasteiger partial charge in [-0.05, 0) is 60.9 Å². The maximum atomic E-state index is 13.5. The Balaban J connectivity index is 1.36. The number of nitrogens with zero attached hydrogens (tertiary/aromatic N) is 2. The molecular formula is C27H27F2N3OS. The number of thioether (sulfide) groups is 1. The molecule has 1 aliphatic heterocycles. The molecule has 1 N–H and O–H groups in total. The number of aliphatic imine (C=N–C) groups is 2. The molecule has 2 aromatic carbocycles. The summed E-state index contributed by atoms with van der Waals surface area (Å²) in [5, 5.41) is 4.90. The number of aryl methyl sites for hydroxylation is 1. The van der Waals surface area contributed by atoms with Crippen LogP contribution >= 0.6 is 11.8 Å². The first-order valence-corrected chi connectivity index (χ1v) is 12.1. The second kappa shape index (κ2) is 11.3. The normalized spacial score (nSPS) is 16.2. The molecule has 1 unspecified atom stereocenters. The zero-order valence-corrected chi connectivity index (χ0v) is 19.9. The summed E-state index contributed by atoms with van der Waals surface area (Å²) in [7, 11) is 0. The van der Waals surface area contributed by atoms with Gasteiger partial charge < -0.3 is 9.73 Å². The van der Waals surface area contributed by atoms with Crippen LogP contribution in [0.15, 0.2) is 86.1 Å². The molecule has 0 aliphatic carbocycles. The summed E-state index contributed by atoms with van der Waals surface area (Å²) >= 11 is 1.73. The third-order valence-electron chi connectivity index (χ3n) is 5.63. The SMILES string of the molecule is C=NC1=C(C(=NCc2ccoc2)NCCCc2ccc(-c3ccc(F)c(F)c3)cc2)CC(C)S1. The van der Waals surface area contributed by atoms with Crippen LogP contribution in [0.4, 0.5) is 8.78 Å². The van der Waals surface area contributed by atoms with Gasteiger partial charge in [0, 0.05) is 22.9 Å². The lowest BCUT2D eigenvalue weighted by atomic mass is 10.0. The highest BCUT2D eigenvalue weighted by Crippen LogP contribution is 2.38. The Morgan fingerprint density at radius 1 is 1.09 bits per heavy atom. The molecule has 4 nitrogen and oxygen atoms in total. The molecule has 0 radical (unpaired) electrons. The Morgan fingerprint density at radius 3 is 2.59 bits per heavy atom. The topological polar surface area (TPSA) is 49.9 Å². The molecule has 1 atom stereocenters. The van der Waals surface area contributed by atoms with E-state index in [1.807, 2.05) is 30.3 Å². The van der Waals surface area contributed by atoms with Crippen molar-refractivity contribution >= 4 is 24.3 Å². The maximum Gasteiger partial charge on any atom is 0.159 e. The summed E-state index contributed by atoms with van der Waals surface area (Å²) in [4.78, 5) is 9.03. The number of hydrogen-bond acceptors (Lipinski definition) is 4. The monoisotopic (exact) mass is 479 g/mol. The van der Waals surface area contributed by atoms with Gasteiger partial charge in [0.15, 0.2) is 11.6 Å². The highest BCUT2D eigenvalue weighted by atomic mass is 32.2. The van der Waals surface area contributed by atoms with Crippen LogP contribution < -0.4 is 5.32 Å². The maximum absolute atomic E-state index is 13.5. The van der Waals surface area contributed by atoms with Crippen LogP contribution in [0.3, 0.4) is 0 Å². The minimum absolute atomic E-state index is 0.449. The first-order chi connectivity index (χ1) is 16.5. The fourth-order valence-electron chi connectivity index (χ4n) is 3.86. The summed E-state index contributed by atoms with van der Waals surface area (Å²) in [6.45, 7) is 7.21. The highest BCUT2D eigenvalue weighted by Gasteiger charge is 2.24. The smallest absolute Gasteiger partial charge is 0.159 e. The molecule has 0 bridgehead atoms. The molecule has 7 heteroatoms. The Kier molecular flexibility index (Phi) is 7.95. The predicted octanol–water partition coefficient (Wildman–Crippen LogP) is 6.78. The van der Waals surface area contributed by atoms with Gasteiger partial charge in [-0.3, -0.25) is 9.98 Å². The van der Waals surface area contributed by atoms with Gasteiger partial charge in [0.1, 0.15) is 10.9 Å². The van der Waals surface area contributed by atoms with Crippen molar-refractivity contribution in [2.45, 2.75) is 38.0 Å². The quantitative estimate of drug-likeness (QED) is 0.209. The third-order valence-corrected chi connectivity index (χ3v) is 6.80. The molecule has 2 heterocycles. The van der Waals surface area contributed by atoms with Gasteiger partial charge in [0.2, 0.25) is 0 Å². The molecule has 1 aliphatic rings. The van der Waals surface area contributed by atoms with Crippen LogP contribution in [0.2, 0.25) is 0 Å². The van der Waals surface area contributed by atoms with Gasteiger partial charge in [-0.15, -0.1) is 11.8 Å². The van der Waals surface area contributed by atoms with Gasteiger partial charge in [-0.1, -0.05) is 37.3 Å². The van der Waals surface area contributed by atoms with Crippen molar-refractivity contribution in [2.75, 3.05) is 6.54 Å². The Bertz CT molecular complexity index is 1190. The zero-order chi connectivity index (χ0) is 23.9. The van der Waals surface area contributed by atoms with E-state index in [9.17, 15) is 8.78 Å². The molecule has 1 aromatic heterocycles. The van der Waals surface area contributed by atoms with E-state index in [1.165, 1.54) is 11.6 Å². The standard InChI is InChI=1S/C27H27F2N3OS/c1-18-14-23(27(30-2)34-18)26(32-16-20-11-13-33-17-20)31-12-3-4-19-5-7-21(8-6-19)22-9-10-24(28)25(29)15-22/h5-11,13,15,17-18H,2-4,12,14,16H2,1H3,(H,31,32). The Hall–Kier alpha value is -3.19. The Morgan fingerprint density at radius 2 is 1.88 bits per heavy atom. The van der Waals surface area contributed by atoms with Gasteiger partial charge in [-0.25, -0.2) is 8.78 Å². The number of halogens is 2. The van der Waals surface area contributed by atoms with Crippen molar-refractivity contribution in [1.82, 2.24) is 5.32 Å². The van der Waals surface area contributed by atoms with Crippen LogP contribution in [0, 0.1) is 11.6 Å². The molecule has 4 rings (SSSR count). The Labute approximate surface area is 202 Å². The van der Waals surface area contributed by atoms with E-state index >= 15 is 0 Å². The van der Waals surface area contributed by atoms with Crippen LogP contribution in [0.1, 0.15) is 30.9 Å². The first-order valence-electron chi connectivity index (χ1n) is 11.2. The molecule has 3 aromatic rings. The van der Waals surface area contributed by atoms with Crippen molar-refractivity contribution in [3.05, 3.63) is 94.4 Å². The average molecular weight is 480 g/mol. The van der Waals surface area contributed by atoms with E-state index in [-0.39, 0.29) is 0 Å². The number of amidine groups is 1. The molecule has 0 spiro atoms. The van der Waals surface area contributed by atoms with E-state index in [4.69, 9.17) is 9.41 Å².